The average Bonchev–Trinajstić information content (AvgIpc) is 2.83. The third kappa shape index (κ3) is 1.89. The number of nitrogens with one attached hydrogen (secondary N) is 1. The molecule has 17 heavy (non-hydrogen) atoms. The van der Waals surface area contributed by atoms with Crippen LogP contribution in [-0.4, -0.2) is 29.6 Å². The molecule has 1 saturated heterocycles. The fourth-order valence-corrected chi connectivity index (χ4v) is 2.49. The third-order valence-electron chi connectivity index (χ3n) is 3.44. The lowest BCUT2D eigenvalue weighted by atomic mass is 9.95. The zero-order valence-corrected chi connectivity index (χ0v) is 10.0. The largest absolute Gasteiger partial charge is 0.482 e. The number of fused-ring (bicyclic) bond motifs is 1. The van der Waals surface area contributed by atoms with Gasteiger partial charge in [0.2, 0.25) is 0 Å². The van der Waals surface area contributed by atoms with Gasteiger partial charge in [-0.25, -0.2) is 4.98 Å². The highest BCUT2D eigenvalue weighted by Gasteiger charge is 2.18. The van der Waals surface area contributed by atoms with E-state index in [1.54, 1.807) is 7.11 Å². The van der Waals surface area contributed by atoms with E-state index in [0.717, 1.165) is 24.6 Å². The highest BCUT2D eigenvalue weighted by Crippen LogP contribution is 2.26. The van der Waals surface area contributed by atoms with Crippen LogP contribution in [0.5, 0.6) is 5.88 Å². The van der Waals surface area contributed by atoms with Gasteiger partial charge < -0.3 is 10.1 Å². The van der Waals surface area contributed by atoms with Crippen molar-refractivity contribution in [3.8, 4) is 5.88 Å². The smallest absolute Gasteiger partial charge is 0.198 e. The van der Waals surface area contributed by atoms with Gasteiger partial charge in [0, 0.05) is 12.1 Å². The minimum absolute atomic E-state index is 0.584. The molecule has 0 amide bonds. The average molecular weight is 231 g/mol. The number of imidazole rings is 1. The summed E-state index contributed by atoms with van der Waals surface area (Å²) in [6, 6.07) is 5.96. The summed E-state index contributed by atoms with van der Waals surface area (Å²) in [5, 5.41) is 3.38. The van der Waals surface area contributed by atoms with Crippen molar-refractivity contribution in [1.82, 2.24) is 14.7 Å². The first kappa shape index (κ1) is 10.6. The highest BCUT2D eigenvalue weighted by atomic mass is 16.5. The maximum atomic E-state index is 5.34. The van der Waals surface area contributed by atoms with Crippen LogP contribution < -0.4 is 10.1 Å². The second kappa shape index (κ2) is 4.37. The Labute approximate surface area is 101 Å². The predicted molar refractivity (Wildman–Crippen MR) is 66.6 cm³/mol. The molecule has 0 spiro atoms. The molecule has 2 aromatic heterocycles. The molecule has 0 atom stereocenters. The van der Waals surface area contributed by atoms with Crippen molar-refractivity contribution >= 4 is 5.65 Å². The summed E-state index contributed by atoms with van der Waals surface area (Å²) < 4.78 is 7.36. The van der Waals surface area contributed by atoms with Crippen molar-refractivity contribution in [3.05, 3.63) is 30.1 Å². The zero-order chi connectivity index (χ0) is 11.7. The molecule has 0 aliphatic carbocycles. The second-order valence-corrected chi connectivity index (χ2v) is 4.49. The van der Waals surface area contributed by atoms with Gasteiger partial charge in [-0.15, -0.1) is 0 Å². The number of rotatable bonds is 2. The molecule has 0 unspecified atom stereocenters. The van der Waals surface area contributed by atoms with Crippen molar-refractivity contribution < 1.29 is 4.74 Å². The molecule has 1 N–H and O–H groups in total. The Morgan fingerprint density at radius 2 is 2.18 bits per heavy atom. The summed E-state index contributed by atoms with van der Waals surface area (Å²) in [6.07, 6.45) is 4.46. The number of pyridine rings is 1. The molecular formula is C13H17N3O. The van der Waals surface area contributed by atoms with E-state index in [2.05, 4.69) is 11.5 Å². The second-order valence-electron chi connectivity index (χ2n) is 4.49. The summed E-state index contributed by atoms with van der Waals surface area (Å²) in [5.74, 6) is 1.43. The van der Waals surface area contributed by atoms with Gasteiger partial charge in [0.15, 0.2) is 5.88 Å². The van der Waals surface area contributed by atoms with Crippen LogP contribution in [0.2, 0.25) is 0 Å². The molecule has 1 fully saturated rings. The van der Waals surface area contributed by atoms with Gasteiger partial charge in [0.05, 0.1) is 12.8 Å². The van der Waals surface area contributed by atoms with Crippen LogP contribution in [0.4, 0.5) is 0 Å². The summed E-state index contributed by atoms with van der Waals surface area (Å²) in [4.78, 5) is 4.70. The van der Waals surface area contributed by atoms with Gasteiger partial charge in [0.25, 0.3) is 0 Å². The first-order chi connectivity index (χ1) is 8.38. The lowest BCUT2D eigenvalue weighted by Crippen LogP contribution is -2.26. The van der Waals surface area contributed by atoms with Crippen LogP contribution in [0, 0.1) is 0 Å². The Morgan fingerprint density at radius 1 is 1.35 bits per heavy atom. The van der Waals surface area contributed by atoms with Crippen LogP contribution in [-0.2, 0) is 0 Å². The van der Waals surface area contributed by atoms with Crippen molar-refractivity contribution in [1.29, 1.82) is 0 Å². The van der Waals surface area contributed by atoms with Crippen LogP contribution in [0.1, 0.15) is 24.5 Å². The molecule has 0 radical (unpaired) electrons. The summed E-state index contributed by atoms with van der Waals surface area (Å²) >= 11 is 0. The Morgan fingerprint density at radius 3 is 2.94 bits per heavy atom. The van der Waals surface area contributed by atoms with Gasteiger partial charge in [-0.1, -0.05) is 6.07 Å². The van der Waals surface area contributed by atoms with Crippen molar-refractivity contribution in [2.24, 2.45) is 0 Å². The molecule has 1 aliphatic heterocycles. The van der Waals surface area contributed by atoms with Gasteiger partial charge in [-0.3, -0.25) is 4.40 Å². The lowest BCUT2D eigenvalue weighted by Gasteiger charge is -2.20. The van der Waals surface area contributed by atoms with Crippen LogP contribution in [0.25, 0.3) is 5.65 Å². The molecular weight excluding hydrogens is 214 g/mol. The van der Waals surface area contributed by atoms with E-state index >= 15 is 0 Å². The number of methoxy groups -OCH3 is 1. The number of hydrogen-bond acceptors (Lipinski definition) is 3. The monoisotopic (exact) mass is 231 g/mol. The molecule has 1 aliphatic rings. The van der Waals surface area contributed by atoms with Crippen molar-refractivity contribution in [3.63, 3.8) is 0 Å². The predicted octanol–water partition coefficient (Wildman–Crippen LogP) is 1.81. The van der Waals surface area contributed by atoms with Crippen molar-refractivity contribution in [2.45, 2.75) is 18.8 Å². The maximum absolute atomic E-state index is 5.34. The molecule has 0 bridgehead atoms. The highest BCUT2D eigenvalue weighted by molar-refractivity contribution is 5.44. The minimum Gasteiger partial charge on any atom is -0.482 e. The molecule has 3 rings (SSSR count). The summed E-state index contributed by atoms with van der Waals surface area (Å²) in [6.45, 7) is 2.19. The maximum Gasteiger partial charge on any atom is 0.198 e. The van der Waals surface area contributed by atoms with Crippen LogP contribution in [0.15, 0.2) is 24.4 Å². The molecule has 2 aromatic rings. The SMILES string of the molecule is COc1cccc2nc(C3CCNCC3)cn12. The molecule has 90 valence electrons. The molecule has 0 aromatic carbocycles. The number of nitrogens with zero attached hydrogens (tertiary/aromatic N) is 2. The van der Waals surface area contributed by atoms with Gasteiger partial charge in [-0.05, 0) is 38.1 Å². The Balaban J connectivity index is 2.00. The van der Waals surface area contributed by atoms with E-state index in [-0.39, 0.29) is 0 Å². The fourth-order valence-electron chi connectivity index (χ4n) is 2.49. The van der Waals surface area contributed by atoms with Crippen LogP contribution >= 0.6 is 0 Å². The van der Waals surface area contributed by atoms with Gasteiger partial charge >= 0.3 is 0 Å². The lowest BCUT2D eigenvalue weighted by molar-refractivity contribution is 0.392. The molecule has 4 heteroatoms. The Kier molecular flexibility index (Phi) is 2.73. The number of aromatic nitrogens is 2. The summed E-state index contributed by atoms with van der Waals surface area (Å²) in [5.41, 5.74) is 2.16. The van der Waals surface area contributed by atoms with E-state index in [4.69, 9.17) is 9.72 Å². The normalized spacial score (nSPS) is 17.5. The third-order valence-corrected chi connectivity index (χ3v) is 3.44. The zero-order valence-electron chi connectivity index (χ0n) is 10.0. The van der Waals surface area contributed by atoms with E-state index in [1.807, 2.05) is 22.6 Å². The van der Waals surface area contributed by atoms with Crippen LogP contribution in [0.3, 0.4) is 0 Å². The number of hydrogen-bond donors (Lipinski definition) is 1. The van der Waals surface area contributed by atoms with E-state index < -0.39 is 0 Å². The minimum atomic E-state index is 0.584. The quantitative estimate of drug-likeness (QED) is 0.856. The fraction of sp³-hybridized carbons (Fsp3) is 0.462. The topological polar surface area (TPSA) is 38.6 Å². The summed E-state index contributed by atoms with van der Waals surface area (Å²) in [7, 11) is 1.69. The first-order valence-electron chi connectivity index (χ1n) is 6.11. The molecule has 3 heterocycles. The Hall–Kier alpha value is -1.55. The van der Waals surface area contributed by atoms with Gasteiger partial charge in [-0.2, -0.15) is 0 Å². The van der Waals surface area contributed by atoms with E-state index in [1.165, 1.54) is 18.5 Å². The van der Waals surface area contributed by atoms with Gasteiger partial charge in [0.1, 0.15) is 5.65 Å². The first-order valence-corrected chi connectivity index (χ1v) is 6.11. The molecule has 0 saturated carbocycles. The molecule has 4 nitrogen and oxygen atoms in total. The van der Waals surface area contributed by atoms with E-state index in [0.29, 0.717) is 5.92 Å². The number of ether oxygens (including phenoxy) is 1. The number of piperidine rings is 1. The Bertz CT molecular complexity index is 514. The standard InChI is InChI=1S/C13H17N3O/c1-17-13-4-2-3-12-15-11(9-16(12)13)10-5-7-14-8-6-10/h2-4,9-10,14H,5-8H2,1H3. The van der Waals surface area contributed by atoms with E-state index in [9.17, 15) is 0 Å². The van der Waals surface area contributed by atoms with Crippen molar-refractivity contribution in [2.75, 3.05) is 20.2 Å².